The minimum Gasteiger partial charge on any atom is -0.462 e. The first-order valence-corrected chi connectivity index (χ1v) is 7.93. The predicted octanol–water partition coefficient (Wildman–Crippen LogP) is 1.71. The number of esters is 1. The van der Waals surface area contributed by atoms with Crippen LogP contribution in [0.5, 0.6) is 0 Å². The summed E-state index contributed by atoms with van der Waals surface area (Å²) in [5.41, 5.74) is 0.114. The number of piperidine rings is 1. The molecule has 0 aromatic heterocycles. The predicted molar refractivity (Wildman–Crippen MR) is 89.5 cm³/mol. The summed E-state index contributed by atoms with van der Waals surface area (Å²) in [4.78, 5) is 14.9. The summed E-state index contributed by atoms with van der Waals surface area (Å²) in [6.45, 7) is 13.0. The van der Waals surface area contributed by atoms with Crippen LogP contribution in [0, 0.1) is 0 Å². The molecular formula is C15H31B2NO2. The summed E-state index contributed by atoms with van der Waals surface area (Å²) in [6, 6.07) is 0. The molecular weight excluding hydrogens is 248 g/mol. The van der Waals surface area contributed by atoms with Crippen LogP contribution in [0.25, 0.3) is 0 Å². The van der Waals surface area contributed by atoms with Gasteiger partial charge in [-0.25, -0.2) is 0 Å². The van der Waals surface area contributed by atoms with Crippen molar-refractivity contribution in [1.29, 1.82) is 0 Å². The van der Waals surface area contributed by atoms with Gasteiger partial charge in [-0.2, -0.15) is 0 Å². The largest absolute Gasteiger partial charge is 0.462 e. The molecule has 1 rings (SSSR count). The zero-order valence-electron chi connectivity index (χ0n) is 14.7. The Bertz CT molecular complexity index is 347. The van der Waals surface area contributed by atoms with E-state index in [9.17, 15) is 4.79 Å². The molecule has 0 N–H and O–H groups in total. The Morgan fingerprint density at radius 1 is 1.20 bits per heavy atom. The second-order valence-electron chi connectivity index (χ2n) is 7.89. The summed E-state index contributed by atoms with van der Waals surface area (Å²) in [5.74, 6) is -0.0244. The summed E-state index contributed by atoms with van der Waals surface area (Å²) < 4.78 is 5.89. The van der Waals surface area contributed by atoms with Crippen molar-refractivity contribution in [2.45, 2.75) is 89.7 Å². The maximum Gasteiger partial charge on any atom is 0.304 e. The maximum atomic E-state index is 12.5. The molecule has 0 spiro atoms. The van der Waals surface area contributed by atoms with Gasteiger partial charge < -0.3 is 9.55 Å². The molecule has 0 saturated carbocycles. The van der Waals surface area contributed by atoms with E-state index < -0.39 is 0 Å². The molecule has 3 nitrogen and oxygen atoms in total. The van der Waals surface area contributed by atoms with E-state index in [4.69, 9.17) is 4.74 Å². The minimum absolute atomic E-state index is 0.0244. The molecule has 1 saturated heterocycles. The first-order chi connectivity index (χ1) is 8.98. The monoisotopic (exact) mass is 279 g/mol. The van der Waals surface area contributed by atoms with Crippen LogP contribution in [-0.2, 0) is 9.53 Å². The maximum absolute atomic E-state index is 12.5. The molecule has 1 fully saturated rings. The molecule has 1 aliphatic heterocycles. The molecule has 0 unspecified atom stereocenters. The lowest BCUT2D eigenvalue weighted by atomic mass is 9.65. The number of carbonyl (C=O) groups excluding carboxylic acids is 1. The SMILES string of the molecule is BN1C(C)(C)CC(OC(=O)C(B)(CC)CC)CC1(C)C. The Hall–Kier alpha value is -0.440. The Kier molecular flexibility index (Phi) is 5.06. The molecule has 114 valence electrons. The summed E-state index contributed by atoms with van der Waals surface area (Å²) >= 11 is 0. The number of rotatable bonds is 4. The van der Waals surface area contributed by atoms with Crippen molar-refractivity contribution in [3.8, 4) is 0 Å². The van der Waals surface area contributed by atoms with Crippen LogP contribution in [0.2, 0.25) is 5.31 Å². The van der Waals surface area contributed by atoms with Crippen LogP contribution in [0.1, 0.15) is 67.2 Å². The zero-order valence-corrected chi connectivity index (χ0v) is 14.7. The fourth-order valence-electron chi connectivity index (χ4n) is 3.20. The summed E-state index contributed by atoms with van der Waals surface area (Å²) in [7, 11) is 4.18. The van der Waals surface area contributed by atoms with E-state index in [1.807, 2.05) is 7.85 Å². The minimum atomic E-state index is -0.336. The molecule has 5 heteroatoms. The Morgan fingerprint density at radius 2 is 1.60 bits per heavy atom. The van der Waals surface area contributed by atoms with Gasteiger partial charge in [-0.1, -0.05) is 13.8 Å². The van der Waals surface area contributed by atoms with Crippen molar-refractivity contribution in [2.75, 3.05) is 0 Å². The lowest BCUT2D eigenvalue weighted by molar-refractivity contribution is -0.160. The van der Waals surface area contributed by atoms with Crippen LogP contribution in [0.3, 0.4) is 0 Å². The highest BCUT2D eigenvalue weighted by molar-refractivity contribution is 6.26. The number of ether oxygens (including phenoxy) is 1. The van der Waals surface area contributed by atoms with Gasteiger partial charge in [-0.05, 0) is 40.5 Å². The van der Waals surface area contributed by atoms with E-state index in [2.05, 4.69) is 54.3 Å². The van der Waals surface area contributed by atoms with Gasteiger partial charge in [0.15, 0.2) is 7.98 Å². The van der Waals surface area contributed by atoms with E-state index in [0.29, 0.717) is 0 Å². The van der Waals surface area contributed by atoms with E-state index in [0.717, 1.165) is 25.7 Å². The van der Waals surface area contributed by atoms with Gasteiger partial charge >= 0.3 is 5.97 Å². The first kappa shape index (κ1) is 17.6. The number of hydrogen-bond donors (Lipinski definition) is 0. The lowest BCUT2D eigenvalue weighted by Crippen LogP contribution is -2.61. The highest BCUT2D eigenvalue weighted by Crippen LogP contribution is 2.40. The zero-order chi connectivity index (χ0) is 15.8. The second kappa shape index (κ2) is 5.75. The van der Waals surface area contributed by atoms with Gasteiger partial charge in [0.05, 0.1) is 0 Å². The third-order valence-electron chi connectivity index (χ3n) is 5.60. The fourth-order valence-corrected chi connectivity index (χ4v) is 3.20. The molecule has 0 radical (unpaired) electrons. The van der Waals surface area contributed by atoms with Gasteiger partial charge in [0.2, 0.25) is 0 Å². The first-order valence-electron chi connectivity index (χ1n) is 7.93. The fraction of sp³-hybridized carbons (Fsp3) is 0.933. The smallest absolute Gasteiger partial charge is 0.304 e. The summed E-state index contributed by atoms with van der Waals surface area (Å²) in [5, 5.41) is -0.336. The Labute approximate surface area is 126 Å². The third kappa shape index (κ3) is 3.41. The van der Waals surface area contributed by atoms with Gasteiger partial charge in [0.25, 0.3) is 0 Å². The van der Waals surface area contributed by atoms with Crippen molar-refractivity contribution in [2.24, 2.45) is 0 Å². The van der Waals surface area contributed by atoms with Gasteiger partial charge in [-0.3, -0.25) is 4.79 Å². The van der Waals surface area contributed by atoms with E-state index in [1.54, 1.807) is 0 Å². The van der Waals surface area contributed by atoms with Crippen LogP contribution >= 0.6 is 0 Å². The quantitative estimate of drug-likeness (QED) is 0.579. The second-order valence-corrected chi connectivity index (χ2v) is 7.89. The van der Waals surface area contributed by atoms with Crippen molar-refractivity contribution < 1.29 is 9.53 Å². The molecule has 1 aliphatic rings. The van der Waals surface area contributed by atoms with Gasteiger partial charge in [-0.15, -0.1) is 0 Å². The van der Waals surface area contributed by atoms with Gasteiger partial charge in [0.1, 0.15) is 14.0 Å². The molecule has 0 aromatic rings. The van der Waals surface area contributed by atoms with Gasteiger partial charge in [0, 0.05) is 29.2 Å². The average Bonchev–Trinajstić information content (AvgIpc) is 2.34. The molecule has 20 heavy (non-hydrogen) atoms. The van der Waals surface area contributed by atoms with Crippen molar-refractivity contribution in [3.05, 3.63) is 0 Å². The highest BCUT2D eigenvalue weighted by Gasteiger charge is 2.45. The molecule has 0 amide bonds. The molecule has 0 aliphatic carbocycles. The van der Waals surface area contributed by atoms with Crippen LogP contribution in [-0.4, -0.2) is 43.8 Å². The van der Waals surface area contributed by atoms with Crippen LogP contribution in [0.15, 0.2) is 0 Å². The van der Waals surface area contributed by atoms with Crippen LogP contribution in [0.4, 0.5) is 0 Å². The molecule has 1 heterocycles. The number of carbonyl (C=O) groups is 1. The van der Waals surface area contributed by atoms with Crippen molar-refractivity contribution in [3.63, 3.8) is 0 Å². The average molecular weight is 279 g/mol. The Morgan fingerprint density at radius 3 is 1.95 bits per heavy atom. The molecule has 0 aromatic carbocycles. The summed E-state index contributed by atoms with van der Waals surface area (Å²) in [6.07, 6.45) is 3.51. The van der Waals surface area contributed by atoms with E-state index >= 15 is 0 Å². The number of hydrogen-bond acceptors (Lipinski definition) is 3. The third-order valence-corrected chi connectivity index (χ3v) is 5.60. The van der Waals surface area contributed by atoms with Crippen molar-refractivity contribution in [1.82, 2.24) is 4.81 Å². The molecule has 0 bridgehead atoms. The highest BCUT2D eigenvalue weighted by atomic mass is 16.5. The van der Waals surface area contributed by atoms with Crippen molar-refractivity contribution >= 4 is 21.8 Å². The molecule has 0 atom stereocenters. The Balaban J connectivity index is 2.82. The van der Waals surface area contributed by atoms with E-state index in [1.165, 1.54) is 0 Å². The van der Waals surface area contributed by atoms with E-state index in [-0.39, 0.29) is 28.5 Å². The standard InChI is InChI=1S/C15H31B2NO2/c1-7-15(16,8-2)12(19)20-11-9-13(3,4)18(17)14(5,6)10-11/h11H,7-10,16-17H2,1-6H3. The van der Waals surface area contributed by atoms with Crippen LogP contribution < -0.4 is 0 Å². The normalized spacial score (nSPS) is 23.5. The number of nitrogens with zero attached hydrogens (tertiary/aromatic N) is 1. The lowest BCUT2D eigenvalue weighted by Gasteiger charge is -2.54. The topological polar surface area (TPSA) is 29.5 Å².